The minimum absolute atomic E-state index is 0.170. The molecule has 1 aliphatic heterocycles. The first-order valence-electron chi connectivity index (χ1n) is 10.6. The van der Waals surface area contributed by atoms with Crippen molar-refractivity contribution in [1.82, 2.24) is 10.2 Å². The molecule has 0 aliphatic carbocycles. The van der Waals surface area contributed by atoms with Gasteiger partial charge in [-0.1, -0.05) is 48.5 Å². The number of rotatable bonds is 4. The fourth-order valence-electron chi connectivity index (χ4n) is 4.22. The summed E-state index contributed by atoms with van der Waals surface area (Å²) in [5, 5.41) is 14.2. The summed E-state index contributed by atoms with van der Waals surface area (Å²) in [5.74, 6) is -1.05. The zero-order chi connectivity index (χ0) is 22.7. The Kier molecular flexibility index (Phi) is 6.06. The van der Waals surface area contributed by atoms with Gasteiger partial charge in [-0.3, -0.25) is 9.59 Å². The van der Waals surface area contributed by atoms with E-state index in [0.717, 1.165) is 5.56 Å². The average Bonchev–Trinajstić information content (AvgIpc) is 2.81. The molecule has 0 bridgehead atoms. The molecule has 32 heavy (non-hydrogen) atoms. The van der Waals surface area contributed by atoms with Gasteiger partial charge in [0.15, 0.2) is 0 Å². The molecule has 1 saturated heterocycles. The zero-order valence-corrected chi connectivity index (χ0v) is 17.7. The molecule has 6 heteroatoms. The lowest BCUT2D eigenvalue weighted by Gasteiger charge is -2.49. The lowest BCUT2D eigenvalue weighted by Crippen LogP contribution is -2.63. The normalized spacial score (nSPS) is 22.9. The molecule has 164 valence electrons. The Morgan fingerprint density at radius 2 is 1.53 bits per heavy atom. The summed E-state index contributed by atoms with van der Waals surface area (Å²) in [4.78, 5) is 28.1. The van der Waals surface area contributed by atoms with Gasteiger partial charge < -0.3 is 15.3 Å². The maximum atomic E-state index is 13.4. The van der Waals surface area contributed by atoms with E-state index in [0.29, 0.717) is 18.5 Å². The number of nitrogens with one attached hydrogen (secondary N) is 1. The molecule has 3 aromatic carbocycles. The van der Waals surface area contributed by atoms with Gasteiger partial charge in [0.1, 0.15) is 5.82 Å². The first kappa shape index (κ1) is 21.7. The van der Waals surface area contributed by atoms with E-state index in [9.17, 15) is 19.1 Å². The Balaban J connectivity index is 1.72. The Morgan fingerprint density at radius 1 is 0.938 bits per heavy atom. The maximum absolute atomic E-state index is 13.4. The molecule has 0 saturated carbocycles. The van der Waals surface area contributed by atoms with Crippen LogP contribution in [-0.4, -0.2) is 40.0 Å². The van der Waals surface area contributed by atoms with Crippen LogP contribution in [-0.2, 0) is 0 Å². The van der Waals surface area contributed by atoms with Crippen molar-refractivity contribution in [1.29, 1.82) is 0 Å². The number of halogens is 1. The van der Waals surface area contributed by atoms with Gasteiger partial charge in [-0.2, -0.15) is 0 Å². The van der Waals surface area contributed by atoms with E-state index in [1.807, 2.05) is 36.4 Å². The molecular formula is C26H25FN2O3. The van der Waals surface area contributed by atoms with Gasteiger partial charge in [0.2, 0.25) is 0 Å². The first-order chi connectivity index (χ1) is 15.4. The molecule has 5 nitrogen and oxygen atoms in total. The number of hydrogen-bond donors (Lipinski definition) is 2. The van der Waals surface area contributed by atoms with E-state index in [4.69, 9.17) is 0 Å². The van der Waals surface area contributed by atoms with Crippen LogP contribution in [0, 0.1) is 5.82 Å². The minimum Gasteiger partial charge on any atom is -0.388 e. The number of amides is 2. The fourth-order valence-corrected chi connectivity index (χ4v) is 4.22. The van der Waals surface area contributed by atoms with Crippen LogP contribution in [0.15, 0.2) is 84.9 Å². The molecule has 1 heterocycles. The van der Waals surface area contributed by atoms with Crippen molar-refractivity contribution in [2.45, 2.75) is 31.0 Å². The molecule has 3 aromatic rings. The van der Waals surface area contributed by atoms with Crippen LogP contribution in [0.4, 0.5) is 4.39 Å². The molecule has 0 aromatic heterocycles. The number of nitrogens with zero attached hydrogens (tertiary/aromatic N) is 1. The van der Waals surface area contributed by atoms with E-state index < -0.39 is 29.4 Å². The summed E-state index contributed by atoms with van der Waals surface area (Å²) in [6, 6.07) is 22.2. The molecule has 3 unspecified atom stereocenters. The third-order valence-corrected chi connectivity index (χ3v) is 6.00. The third kappa shape index (κ3) is 4.41. The Labute approximate surface area is 186 Å². The van der Waals surface area contributed by atoms with Crippen molar-refractivity contribution in [3.63, 3.8) is 0 Å². The predicted molar refractivity (Wildman–Crippen MR) is 120 cm³/mol. The molecule has 4 rings (SSSR count). The maximum Gasteiger partial charge on any atom is 0.254 e. The number of piperidine rings is 1. The lowest BCUT2D eigenvalue weighted by molar-refractivity contribution is -0.0549. The largest absolute Gasteiger partial charge is 0.388 e. The smallest absolute Gasteiger partial charge is 0.254 e. The van der Waals surface area contributed by atoms with Crippen molar-refractivity contribution in [3.8, 4) is 0 Å². The quantitative estimate of drug-likeness (QED) is 0.656. The number of carbonyl (C=O) groups is 2. The van der Waals surface area contributed by atoms with E-state index in [1.165, 1.54) is 24.3 Å². The van der Waals surface area contributed by atoms with E-state index in [2.05, 4.69) is 5.32 Å². The molecular weight excluding hydrogens is 407 g/mol. The van der Waals surface area contributed by atoms with Crippen molar-refractivity contribution < 1.29 is 19.1 Å². The highest BCUT2D eigenvalue weighted by molar-refractivity contribution is 5.96. The highest BCUT2D eigenvalue weighted by atomic mass is 19.1. The van der Waals surface area contributed by atoms with Crippen LogP contribution in [0.5, 0.6) is 0 Å². The lowest BCUT2D eigenvalue weighted by atomic mass is 9.79. The van der Waals surface area contributed by atoms with E-state index in [1.54, 1.807) is 36.1 Å². The van der Waals surface area contributed by atoms with E-state index in [-0.39, 0.29) is 11.5 Å². The Bertz CT molecular complexity index is 1090. The number of likely N-dealkylation sites (tertiary alicyclic amines) is 1. The summed E-state index contributed by atoms with van der Waals surface area (Å²) in [5.41, 5.74) is 0.365. The van der Waals surface area contributed by atoms with Gasteiger partial charge in [0.05, 0.1) is 17.7 Å². The standard InChI is InChI=1S/C26H25FN2O3/c1-26(32)16-17-29(25(31)20-10-6-3-7-11-20)22(18-8-4-2-5-9-18)23(26)28-24(30)19-12-14-21(27)15-13-19/h2-15,22-23,32H,16-17H2,1H3,(H,28,30). The van der Waals surface area contributed by atoms with Gasteiger partial charge in [-0.05, 0) is 55.3 Å². The van der Waals surface area contributed by atoms with Crippen molar-refractivity contribution >= 4 is 11.8 Å². The van der Waals surface area contributed by atoms with Crippen LogP contribution in [0.2, 0.25) is 0 Å². The van der Waals surface area contributed by atoms with Crippen LogP contribution in [0.3, 0.4) is 0 Å². The van der Waals surface area contributed by atoms with Crippen LogP contribution in [0.1, 0.15) is 45.7 Å². The van der Waals surface area contributed by atoms with Gasteiger partial charge in [-0.15, -0.1) is 0 Å². The summed E-state index contributed by atoms with van der Waals surface area (Å²) in [6.07, 6.45) is 0.295. The SMILES string of the molecule is CC1(O)CCN(C(=O)c2ccccc2)C(c2ccccc2)C1NC(=O)c1ccc(F)cc1. The third-order valence-electron chi connectivity index (χ3n) is 6.00. The monoisotopic (exact) mass is 432 g/mol. The van der Waals surface area contributed by atoms with Gasteiger partial charge in [0.25, 0.3) is 11.8 Å². The molecule has 1 fully saturated rings. The second-order valence-corrected chi connectivity index (χ2v) is 8.29. The number of aliphatic hydroxyl groups is 1. The van der Waals surface area contributed by atoms with Crippen LogP contribution in [0.25, 0.3) is 0 Å². The van der Waals surface area contributed by atoms with Gasteiger partial charge >= 0.3 is 0 Å². The topological polar surface area (TPSA) is 69.6 Å². The van der Waals surface area contributed by atoms with Crippen molar-refractivity contribution in [2.24, 2.45) is 0 Å². The summed E-state index contributed by atoms with van der Waals surface area (Å²) in [7, 11) is 0. The fraction of sp³-hybridized carbons (Fsp3) is 0.231. The number of hydrogen-bond acceptors (Lipinski definition) is 3. The molecule has 2 amide bonds. The van der Waals surface area contributed by atoms with Crippen molar-refractivity contribution in [2.75, 3.05) is 6.54 Å². The van der Waals surface area contributed by atoms with Crippen LogP contribution >= 0.6 is 0 Å². The number of benzene rings is 3. The summed E-state index contributed by atoms with van der Waals surface area (Å²) in [6.45, 7) is 2.01. The molecule has 0 spiro atoms. The number of carbonyl (C=O) groups excluding carboxylic acids is 2. The Morgan fingerprint density at radius 3 is 2.16 bits per heavy atom. The predicted octanol–water partition coefficient (Wildman–Crippen LogP) is 3.96. The highest BCUT2D eigenvalue weighted by Gasteiger charge is 2.47. The van der Waals surface area contributed by atoms with Gasteiger partial charge in [0, 0.05) is 17.7 Å². The molecule has 0 radical (unpaired) electrons. The second kappa shape index (κ2) is 8.93. The summed E-state index contributed by atoms with van der Waals surface area (Å²) >= 11 is 0. The second-order valence-electron chi connectivity index (χ2n) is 8.29. The summed E-state index contributed by atoms with van der Waals surface area (Å²) < 4.78 is 13.3. The zero-order valence-electron chi connectivity index (χ0n) is 17.7. The molecule has 1 aliphatic rings. The molecule has 2 N–H and O–H groups in total. The van der Waals surface area contributed by atoms with E-state index >= 15 is 0 Å². The van der Waals surface area contributed by atoms with Crippen LogP contribution < -0.4 is 5.32 Å². The highest BCUT2D eigenvalue weighted by Crippen LogP contribution is 2.38. The van der Waals surface area contributed by atoms with Crippen molar-refractivity contribution in [3.05, 3.63) is 107 Å². The Hall–Kier alpha value is -3.51. The first-order valence-corrected chi connectivity index (χ1v) is 10.6. The van der Waals surface area contributed by atoms with Gasteiger partial charge in [-0.25, -0.2) is 4.39 Å². The minimum atomic E-state index is -1.26. The average molecular weight is 432 g/mol. The molecule has 3 atom stereocenters.